The van der Waals surface area contributed by atoms with Gasteiger partial charge >= 0.3 is 0 Å². The molecule has 268 valence electrons. The molecule has 1 aliphatic heterocycles. The van der Waals surface area contributed by atoms with E-state index in [2.05, 4.69) is 72.3 Å². The monoisotopic (exact) mass is 715 g/mol. The predicted molar refractivity (Wildman–Crippen MR) is 208 cm³/mol. The molecule has 0 aliphatic carbocycles. The van der Waals surface area contributed by atoms with Gasteiger partial charge in [-0.15, -0.1) is 0 Å². The van der Waals surface area contributed by atoms with E-state index >= 15 is 0 Å². The second kappa shape index (κ2) is 17.9. The number of nitrogens with zero attached hydrogens (tertiary/aromatic N) is 3. The lowest BCUT2D eigenvalue weighted by Crippen LogP contribution is -2.47. The summed E-state index contributed by atoms with van der Waals surface area (Å²) in [5.41, 5.74) is 6.66. The topological polar surface area (TPSA) is 64.1 Å². The van der Waals surface area contributed by atoms with Crippen molar-refractivity contribution in [3.05, 3.63) is 154 Å². The van der Waals surface area contributed by atoms with Gasteiger partial charge in [-0.1, -0.05) is 86.1 Å². The van der Waals surface area contributed by atoms with Crippen LogP contribution in [0.4, 0.5) is 0 Å². The van der Waals surface area contributed by atoms with E-state index in [9.17, 15) is 4.79 Å². The van der Waals surface area contributed by atoms with Crippen molar-refractivity contribution in [1.82, 2.24) is 14.8 Å². The van der Waals surface area contributed by atoms with Crippen LogP contribution in [0.25, 0.3) is 6.08 Å². The number of hydrogen-bond acceptors (Lipinski definition) is 6. The zero-order valence-corrected chi connectivity index (χ0v) is 30.9. The van der Waals surface area contributed by atoms with Gasteiger partial charge in [0.1, 0.15) is 23.9 Å². The maximum atomic E-state index is 13.0. The van der Waals surface area contributed by atoms with Gasteiger partial charge < -0.3 is 19.1 Å². The lowest BCUT2D eigenvalue weighted by atomic mass is 10.0. The first kappa shape index (κ1) is 36.7. The number of aromatic nitrogens is 1. The second-order valence-corrected chi connectivity index (χ2v) is 13.8. The van der Waals surface area contributed by atoms with Crippen molar-refractivity contribution in [3.8, 4) is 23.1 Å². The van der Waals surface area contributed by atoms with Gasteiger partial charge in [-0.2, -0.15) is 0 Å². The molecule has 1 saturated heterocycles. The summed E-state index contributed by atoms with van der Waals surface area (Å²) in [6, 6.07) is 34.2. The van der Waals surface area contributed by atoms with Crippen LogP contribution >= 0.6 is 11.6 Å². The van der Waals surface area contributed by atoms with Crippen molar-refractivity contribution in [3.63, 3.8) is 0 Å². The lowest BCUT2D eigenvalue weighted by molar-refractivity contribution is -0.127. The molecule has 1 amide bonds. The number of aryl methyl sites for hydroxylation is 1. The standard InChI is InChI=1S/C44H46ClN3O4/c1-32(2)37-14-16-39(17-15-37)50-27-22-34-8-10-36(11-9-34)30-47-23-25-48(26-24-47)44(49)21-13-35-12-19-42(33(3)28-35)52-43-20-18-40(29-46-43)51-31-38-6-4-5-7-41(38)45/h4-21,28-29,32H,22-27,30-31H2,1-3H3. The molecule has 4 aromatic carbocycles. The zero-order valence-electron chi connectivity index (χ0n) is 30.1. The molecule has 7 nitrogen and oxygen atoms in total. The Morgan fingerprint density at radius 1 is 0.846 bits per heavy atom. The molecule has 0 spiro atoms. The van der Waals surface area contributed by atoms with Crippen molar-refractivity contribution in [2.45, 2.75) is 46.3 Å². The summed E-state index contributed by atoms with van der Waals surface area (Å²) in [6.07, 6.45) is 6.03. The highest BCUT2D eigenvalue weighted by molar-refractivity contribution is 6.31. The minimum absolute atomic E-state index is 0.0288. The maximum absolute atomic E-state index is 13.0. The van der Waals surface area contributed by atoms with Gasteiger partial charge in [0.25, 0.3) is 0 Å². The van der Waals surface area contributed by atoms with Crippen LogP contribution in [0.3, 0.4) is 0 Å². The number of ether oxygens (including phenoxy) is 3. The number of carbonyl (C=O) groups excluding carboxylic acids is 1. The minimum atomic E-state index is 0.0288. The van der Waals surface area contributed by atoms with E-state index in [-0.39, 0.29) is 5.91 Å². The number of pyridine rings is 1. The molecule has 52 heavy (non-hydrogen) atoms. The van der Waals surface area contributed by atoms with E-state index in [0.29, 0.717) is 54.6 Å². The van der Waals surface area contributed by atoms with Gasteiger partial charge in [0.15, 0.2) is 0 Å². The largest absolute Gasteiger partial charge is 0.493 e. The van der Waals surface area contributed by atoms with Crippen LogP contribution in [0, 0.1) is 6.92 Å². The molecule has 0 atom stereocenters. The summed E-state index contributed by atoms with van der Waals surface area (Å²) in [5.74, 6) is 3.26. The molecule has 1 aliphatic rings. The molecule has 2 heterocycles. The summed E-state index contributed by atoms with van der Waals surface area (Å²) in [4.78, 5) is 21.7. The molecule has 1 aromatic heterocycles. The van der Waals surface area contributed by atoms with E-state index in [4.69, 9.17) is 25.8 Å². The van der Waals surface area contributed by atoms with Crippen LogP contribution < -0.4 is 14.2 Å². The van der Waals surface area contributed by atoms with E-state index in [1.807, 2.05) is 66.4 Å². The van der Waals surface area contributed by atoms with Gasteiger partial charge in [0, 0.05) is 61.9 Å². The third kappa shape index (κ3) is 10.5. The number of rotatable bonds is 14. The molecule has 0 N–H and O–H groups in total. The summed E-state index contributed by atoms with van der Waals surface area (Å²) >= 11 is 6.22. The molecule has 0 unspecified atom stereocenters. The van der Waals surface area contributed by atoms with Crippen LogP contribution in [0.15, 0.2) is 115 Å². The fourth-order valence-electron chi connectivity index (χ4n) is 6.00. The Hall–Kier alpha value is -5.11. The summed E-state index contributed by atoms with van der Waals surface area (Å²) in [5, 5.41) is 0.669. The third-order valence-corrected chi connectivity index (χ3v) is 9.58. The highest BCUT2D eigenvalue weighted by Crippen LogP contribution is 2.27. The molecule has 1 fully saturated rings. The fourth-order valence-corrected chi connectivity index (χ4v) is 6.19. The zero-order chi connectivity index (χ0) is 36.3. The smallest absolute Gasteiger partial charge is 0.246 e. The van der Waals surface area contributed by atoms with Gasteiger partial charge in [-0.3, -0.25) is 9.69 Å². The quantitative estimate of drug-likeness (QED) is 0.107. The summed E-state index contributed by atoms with van der Waals surface area (Å²) in [6.45, 7) is 11.4. The summed E-state index contributed by atoms with van der Waals surface area (Å²) < 4.78 is 17.8. The van der Waals surface area contributed by atoms with Gasteiger partial charge in [0.05, 0.1) is 12.8 Å². The SMILES string of the molecule is Cc1cc(C=CC(=O)N2CCN(Cc3ccc(CCOc4ccc(C(C)C)cc4)cc3)CC2)ccc1Oc1ccc(OCc2ccccc2Cl)cn1. The molecular formula is C44H46ClN3O4. The number of benzene rings is 4. The lowest BCUT2D eigenvalue weighted by Gasteiger charge is -2.34. The van der Waals surface area contributed by atoms with Crippen molar-refractivity contribution in [2.24, 2.45) is 0 Å². The number of amides is 1. The normalized spacial score (nSPS) is 13.4. The van der Waals surface area contributed by atoms with Gasteiger partial charge in [0.2, 0.25) is 11.8 Å². The first-order valence-electron chi connectivity index (χ1n) is 17.9. The summed E-state index contributed by atoms with van der Waals surface area (Å²) in [7, 11) is 0. The van der Waals surface area contributed by atoms with Crippen LogP contribution in [0.1, 0.15) is 53.1 Å². The van der Waals surface area contributed by atoms with Crippen LogP contribution in [-0.2, 0) is 24.4 Å². The third-order valence-electron chi connectivity index (χ3n) is 9.21. The minimum Gasteiger partial charge on any atom is -0.493 e. The van der Waals surface area contributed by atoms with E-state index in [1.54, 1.807) is 18.3 Å². The van der Waals surface area contributed by atoms with Crippen molar-refractivity contribution in [1.29, 1.82) is 0 Å². The van der Waals surface area contributed by atoms with Crippen LogP contribution in [0.5, 0.6) is 23.1 Å². The Balaban J connectivity index is 0.905. The molecule has 0 bridgehead atoms. The van der Waals surface area contributed by atoms with E-state index in [1.165, 1.54) is 16.7 Å². The molecule has 6 rings (SSSR count). The second-order valence-electron chi connectivity index (χ2n) is 13.4. The first-order chi connectivity index (χ1) is 25.3. The van der Waals surface area contributed by atoms with Gasteiger partial charge in [-0.05, 0) is 83.1 Å². The van der Waals surface area contributed by atoms with Crippen molar-refractivity contribution >= 4 is 23.6 Å². The van der Waals surface area contributed by atoms with Gasteiger partial charge in [-0.25, -0.2) is 4.98 Å². The van der Waals surface area contributed by atoms with E-state index < -0.39 is 0 Å². The average Bonchev–Trinajstić information content (AvgIpc) is 3.16. The Labute approximate surface area is 312 Å². The van der Waals surface area contributed by atoms with Crippen LogP contribution in [0.2, 0.25) is 5.02 Å². The Bertz CT molecular complexity index is 1930. The molecule has 5 aromatic rings. The highest BCUT2D eigenvalue weighted by atomic mass is 35.5. The fraction of sp³-hybridized carbons (Fsp3) is 0.273. The Morgan fingerprint density at radius 3 is 2.27 bits per heavy atom. The predicted octanol–water partition coefficient (Wildman–Crippen LogP) is 9.52. The number of piperazine rings is 1. The Kier molecular flexibility index (Phi) is 12.6. The number of hydrogen-bond donors (Lipinski definition) is 0. The van der Waals surface area contributed by atoms with E-state index in [0.717, 1.165) is 48.5 Å². The molecule has 0 radical (unpaired) electrons. The number of halogens is 1. The molecule has 8 heteroatoms. The Morgan fingerprint density at radius 2 is 1.58 bits per heavy atom. The highest BCUT2D eigenvalue weighted by Gasteiger charge is 2.19. The molecular weight excluding hydrogens is 670 g/mol. The first-order valence-corrected chi connectivity index (χ1v) is 18.3. The number of carbonyl (C=O) groups is 1. The average molecular weight is 716 g/mol. The van der Waals surface area contributed by atoms with Crippen molar-refractivity contribution in [2.75, 3.05) is 32.8 Å². The molecule has 0 saturated carbocycles. The maximum Gasteiger partial charge on any atom is 0.246 e. The van der Waals surface area contributed by atoms with Crippen LogP contribution in [-0.4, -0.2) is 53.5 Å². The van der Waals surface area contributed by atoms with Crippen molar-refractivity contribution < 1.29 is 19.0 Å².